The molecule has 0 amide bonds. The average molecular weight is 213 g/mol. The smallest absolute Gasteiger partial charge is 0.377 e. The highest BCUT2D eigenvalue weighted by Gasteiger charge is 2.20. The van der Waals surface area contributed by atoms with Gasteiger partial charge in [-0.25, -0.2) is 4.79 Å². The standard InChI is InChI=1S/C8H4FNO5/c9-5-3-4(7(11)8(12)13)1-2-6(5)10(14)15/h1-3H,(H,12,13). The molecule has 7 heteroatoms. The summed E-state index contributed by atoms with van der Waals surface area (Å²) in [6.07, 6.45) is 0. The van der Waals surface area contributed by atoms with E-state index in [0.717, 1.165) is 12.1 Å². The van der Waals surface area contributed by atoms with E-state index in [1.165, 1.54) is 0 Å². The summed E-state index contributed by atoms with van der Waals surface area (Å²) >= 11 is 0. The number of halogens is 1. The molecule has 0 atom stereocenters. The van der Waals surface area contributed by atoms with E-state index in [0.29, 0.717) is 6.07 Å². The molecular formula is C8H4FNO5. The Hall–Kier alpha value is -2.31. The molecular weight excluding hydrogens is 209 g/mol. The monoisotopic (exact) mass is 213 g/mol. The van der Waals surface area contributed by atoms with Crippen LogP contribution >= 0.6 is 0 Å². The Morgan fingerprint density at radius 2 is 2.00 bits per heavy atom. The normalized spacial score (nSPS) is 9.67. The number of rotatable bonds is 3. The molecule has 0 fully saturated rings. The lowest BCUT2D eigenvalue weighted by Crippen LogP contribution is -2.13. The summed E-state index contributed by atoms with van der Waals surface area (Å²) in [4.78, 5) is 30.3. The van der Waals surface area contributed by atoms with Gasteiger partial charge in [0, 0.05) is 11.6 Å². The predicted molar refractivity (Wildman–Crippen MR) is 45.0 cm³/mol. The van der Waals surface area contributed by atoms with Gasteiger partial charge < -0.3 is 5.11 Å². The molecule has 1 aromatic rings. The second kappa shape index (κ2) is 3.82. The Balaban J connectivity index is 3.18. The predicted octanol–water partition coefficient (Wildman–Crippen LogP) is 1.00. The topological polar surface area (TPSA) is 97.5 Å². The van der Waals surface area contributed by atoms with Gasteiger partial charge in [0.05, 0.1) is 4.92 Å². The number of benzene rings is 1. The molecule has 0 unspecified atom stereocenters. The Bertz CT molecular complexity index is 456. The summed E-state index contributed by atoms with van der Waals surface area (Å²) in [7, 11) is 0. The van der Waals surface area contributed by atoms with E-state index < -0.39 is 33.7 Å². The third-order valence-corrected chi connectivity index (χ3v) is 1.60. The molecule has 1 N–H and O–H groups in total. The van der Waals surface area contributed by atoms with Crippen molar-refractivity contribution in [3.63, 3.8) is 0 Å². The van der Waals surface area contributed by atoms with Gasteiger partial charge in [0.15, 0.2) is 0 Å². The van der Waals surface area contributed by atoms with Crippen LogP contribution in [0.4, 0.5) is 10.1 Å². The van der Waals surface area contributed by atoms with Gasteiger partial charge in [0.1, 0.15) is 0 Å². The average Bonchev–Trinajstić information content (AvgIpc) is 2.15. The Kier molecular flexibility index (Phi) is 2.75. The molecule has 0 aliphatic heterocycles. The molecule has 1 rings (SSSR count). The number of carboxylic acids is 1. The molecule has 0 heterocycles. The summed E-state index contributed by atoms with van der Waals surface area (Å²) in [5, 5.41) is 18.5. The zero-order valence-electron chi connectivity index (χ0n) is 7.14. The van der Waals surface area contributed by atoms with Gasteiger partial charge in [-0.3, -0.25) is 14.9 Å². The zero-order chi connectivity index (χ0) is 11.6. The molecule has 15 heavy (non-hydrogen) atoms. The lowest BCUT2D eigenvalue weighted by molar-refractivity contribution is -0.387. The molecule has 0 spiro atoms. The molecule has 0 aromatic heterocycles. The van der Waals surface area contributed by atoms with Crippen LogP contribution in [0.25, 0.3) is 0 Å². The molecule has 0 radical (unpaired) electrons. The number of nitro benzene ring substituents is 1. The minimum atomic E-state index is -1.75. The van der Waals surface area contributed by atoms with Crippen molar-refractivity contribution in [2.45, 2.75) is 0 Å². The zero-order valence-corrected chi connectivity index (χ0v) is 7.14. The maximum Gasteiger partial charge on any atom is 0.377 e. The summed E-state index contributed by atoms with van der Waals surface area (Å²) in [6.45, 7) is 0. The number of aliphatic carboxylic acids is 1. The summed E-state index contributed by atoms with van der Waals surface area (Å²) in [6, 6.07) is 2.15. The summed E-state index contributed by atoms with van der Waals surface area (Å²) in [5.74, 6) is -4.31. The van der Waals surface area contributed by atoms with Crippen molar-refractivity contribution in [1.29, 1.82) is 0 Å². The number of carbonyl (C=O) groups is 2. The number of nitrogens with zero attached hydrogens (tertiary/aromatic N) is 1. The van der Waals surface area contributed by atoms with Gasteiger partial charge in [-0.2, -0.15) is 4.39 Å². The second-order valence-corrected chi connectivity index (χ2v) is 2.56. The van der Waals surface area contributed by atoms with Crippen LogP contribution in [0.15, 0.2) is 18.2 Å². The molecule has 78 valence electrons. The van der Waals surface area contributed by atoms with Crippen molar-refractivity contribution >= 4 is 17.4 Å². The number of hydrogen-bond acceptors (Lipinski definition) is 4. The van der Waals surface area contributed by atoms with Crippen LogP contribution in [-0.2, 0) is 4.79 Å². The van der Waals surface area contributed by atoms with Gasteiger partial charge in [0.25, 0.3) is 5.78 Å². The number of nitro groups is 1. The van der Waals surface area contributed by atoms with Crippen LogP contribution in [0, 0.1) is 15.9 Å². The SMILES string of the molecule is O=C(O)C(=O)c1ccc([N+](=O)[O-])c(F)c1. The van der Waals surface area contributed by atoms with Crippen LogP contribution in [0.2, 0.25) is 0 Å². The quantitative estimate of drug-likeness (QED) is 0.349. The molecule has 0 aliphatic rings. The van der Waals surface area contributed by atoms with Crippen molar-refractivity contribution in [3.8, 4) is 0 Å². The van der Waals surface area contributed by atoms with Gasteiger partial charge in [-0.1, -0.05) is 0 Å². The Morgan fingerprint density at radius 3 is 2.40 bits per heavy atom. The highest BCUT2D eigenvalue weighted by Crippen LogP contribution is 2.18. The highest BCUT2D eigenvalue weighted by molar-refractivity contribution is 6.39. The lowest BCUT2D eigenvalue weighted by Gasteiger charge is -1.97. The van der Waals surface area contributed by atoms with Crippen molar-refractivity contribution in [2.75, 3.05) is 0 Å². The van der Waals surface area contributed by atoms with Crippen molar-refractivity contribution in [2.24, 2.45) is 0 Å². The van der Waals surface area contributed by atoms with Gasteiger partial charge in [-0.05, 0) is 12.1 Å². The van der Waals surface area contributed by atoms with E-state index in [9.17, 15) is 24.1 Å². The minimum Gasteiger partial charge on any atom is -0.475 e. The summed E-state index contributed by atoms with van der Waals surface area (Å²) in [5.41, 5.74) is -1.25. The fourth-order valence-corrected chi connectivity index (χ4v) is 0.920. The van der Waals surface area contributed by atoms with E-state index in [4.69, 9.17) is 5.11 Å². The van der Waals surface area contributed by atoms with Crippen LogP contribution in [0.3, 0.4) is 0 Å². The van der Waals surface area contributed by atoms with E-state index in [1.807, 2.05) is 0 Å². The number of carboxylic acid groups (broad SMARTS) is 1. The van der Waals surface area contributed by atoms with Crippen LogP contribution < -0.4 is 0 Å². The third kappa shape index (κ3) is 2.13. The largest absolute Gasteiger partial charge is 0.475 e. The van der Waals surface area contributed by atoms with Crippen LogP contribution in [0.1, 0.15) is 10.4 Å². The van der Waals surface area contributed by atoms with Crippen LogP contribution in [0.5, 0.6) is 0 Å². The molecule has 1 aromatic carbocycles. The Morgan fingerprint density at radius 1 is 1.40 bits per heavy atom. The van der Waals surface area contributed by atoms with Crippen molar-refractivity contribution in [1.82, 2.24) is 0 Å². The minimum absolute atomic E-state index is 0.439. The lowest BCUT2D eigenvalue weighted by atomic mass is 10.1. The number of carbonyl (C=O) groups excluding carboxylic acids is 1. The summed E-state index contributed by atoms with van der Waals surface area (Å²) < 4.78 is 12.9. The van der Waals surface area contributed by atoms with Crippen molar-refractivity contribution < 1.29 is 24.0 Å². The Labute approximate surface area is 82.1 Å². The molecule has 0 saturated carbocycles. The number of ketones is 1. The van der Waals surface area contributed by atoms with E-state index in [1.54, 1.807) is 0 Å². The van der Waals surface area contributed by atoms with Gasteiger partial charge >= 0.3 is 11.7 Å². The fourth-order valence-electron chi connectivity index (χ4n) is 0.920. The first-order valence-electron chi connectivity index (χ1n) is 3.65. The first-order valence-corrected chi connectivity index (χ1v) is 3.65. The first-order chi connectivity index (χ1) is 6.93. The first kappa shape index (κ1) is 10.8. The second-order valence-electron chi connectivity index (χ2n) is 2.56. The maximum absolute atomic E-state index is 12.9. The molecule has 0 saturated heterocycles. The van der Waals surface area contributed by atoms with E-state index >= 15 is 0 Å². The number of hydrogen-bond donors (Lipinski definition) is 1. The van der Waals surface area contributed by atoms with Crippen molar-refractivity contribution in [3.05, 3.63) is 39.7 Å². The van der Waals surface area contributed by atoms with E-state index in [-0.39, 0.29) is 0 Å². The molecule has 0 bridgehead atoms. The number of Topliss-reactive ketones (excluding diaryl/α,β-unsaturated/α-hetero) is 1. The molecule has 6 nitrogen and oxygen atoms in total. The highest BCUT2D eigenvalue weighted by atomic mass is 19.1. The van der Waals surface area contributed by atoms with E-state index in [2.05, 4.69) is 0 Å². The van der Waals surface area contributed by atoms with Gasteiger partial charge in [0.2, 0.25) is 5.82 Å². The maximum atomic E-state index is 12.9. The molecule has 0 aliphatic carbocycles. The third-order valence-electron chi connectivity index (χ3n) is 1.60. The van der Waals surface area contributed by atoms with Gasteiger partial charge in [-0.15, -0.1) is 0 Å². The fraction of sp³-hybridized carbons (Fsp3) is 0. The van der Waals surface area contributed by atoms with Crippen LogP contribution in [-0.4, -0.2) is 21.8 Å².